The van der Waals surface area contributed by atoms with E-state index in [-0.39, 0.29) is 49.4 Å². The Morgan fingerprint density at radius 1 is 0.915 bits per heavy atom. The molecule has 0 aromatic heterocycles. The molecule has 3 aromatic carbocycles. The van der Waals surface area contributed by atoms with Crippen LogP contribution >= 0.6 is 12.4 Å². The van der Waals surface area contributed by atoms with Crippen molar-refractivity contribution >= 4 is 36.0 Å². The molecule has 250 valence electrons. The van der Waals surface area contributed by atoms with Crippen LogP contribution in [0.15, 0.2) is 78.9 Å². The van der Waals surface area contributed by atoms with E-state index in [1.54, 1.807) is 18.9 Å². The van der Waals surface area contributed by atoms with E-state index in [0.717, 1.165) is 23.3 Å². The van der Waals surface area contributed by atoms with Gasteiger partial charge in [-0.15, -0.1) is 12.4 Å². The minimum absolute atomic E-state index is 0. The topological polar surface area (TPSA) is 111 Å². The van der Waals surface area contributed by atoms with Gasteiger partial charge < -0.3 is 25.8 Å². The molecule has 9 nitrogen and oxygen atoms in total. The van der Waals surface area contributed by atoms with Crippen LogP contribution in [0.5, 0.6) is 0 Å². The van der Waals surface area contributed by atoms with Crippen molar-refractivity contribution in [2.24, 2.45) is 0 Å². The molecule has 2 heterocycles. The van der Waals surface area contributed by atoms with E-state index < -0.39 is 53.5 Å². The highest BCUT2D eigenvalue weighted by molar-refractivity contribution is 5.94. The molecule has 5 rings (SSSR count). The summed E-state index contributed by atoms with van der Waals surface area (Å²) in [5, 5.41) is 8.79. The van der Waals surface area contributed by atoms with Crippen molar-refractivity contribution < 1.29 is 28.0 Å². The van der Waals surface area contributed by atoms with Crippen LogP contribution in [0.4, 0.5) is 8.78 Å². The van der Waals surface area contributed by atoms with E-state index in [2.05, 4.69) is 16.0 Å². The lowest BCUT2D eigenvalue weighted by atomic mass is 9.98. The zero-order valence-electron chi connectivity index (χ0n) is 26.3. The Balaban J connectivity index is 0.00000500. The van der Waals surface area contributed by atoms with Gasteiger partial charge in [0.25, 0.3) is 0 Å². The molecule has 0 aliphatic carbocycles. The van der Waals surface area contributed by atoms with Gasteiger partial charge in [-0.25, -0.2) is 8.78 Å². The van der Waals surface area contributed by atoms with Gasteiger partial charge in [-0.05, 0) is 56.0 Å². The smallest absolute Gasteiger partial charge is 0.247 e. The molecule has 0 spiro atoms. The van der Waals surface area contributed by atoms with E-state index in [0.29, 0.717) is 19.3 Å². The van der Waals surface area contributed by atoms with Crippen LogP contribution in [0, 0.1) is 11.6 Å². The number of carbonyl (C=O) groups is 4. The number of nitrogens with zero attached hydrogens (tertiary/aromatic N) is 2. The standard InChI is InChI=1S/C35H39F2N5O4.ClH/c1-22(38-2)33(44)39-29-21-41(31(43)19-25-13-14-26(36)20-28(25)37)18-17-27-15-16-30(42(27)35(29)46)34(45)40-32(23-9-5-3-6-10-23)24-11-7-4-8-12-24;/h3-14,20,22,27,29-30,32,38H,15-19,21H2,1-2H3,(H,39,44)(H,40,45);1H/t22-,27+,29-,30-;/m0./s1. The first-order valence-electron chi connectivity index (χ1n) is 15.6. The molecule has 3 N–H and O–H groups in total. The predicted molar refractivity (Wildman–Crippen MR) is 175 cm³/mol. The molecule has 47 heavy (non-hydrogen) atoms. The number of fused-ring (bicyclic) bond motifs is 1. The summed E-state index contributed by atoms with van der Waals surface area (Å²) < 4.78 is 27.8. The highest BCUT2D eigenvalue weighted by Gasteiger charge is 2.46. The molecule has 12 heteroatoms. The van der Waals surface area contributed by atoms with Crippen molar-refractivity contribution in [2.45, 2.75) is 62.8 Å². The van der Waals surface area contributed by atoms with Crippen LogP contribution in [0.25, 0.3) is 0 Å². The van der Waals surface area contributed by atoms with Gasteiger partial charge in [-0.3, -0.25) is 19.2 Å². The summed E-state index contributed by atoms with van der Waals surface area (Å²) in [6.07, 6.45) is 1.03. The second-order valence-electron chi connectivity index (χ2n) is 11.9. The lowest BCUT2D eigenvalue weighted by molar-refractivity contribution is -0.147. The summed E-state index contributed by atoms with van der Waals surface area (Å²) in [6.45, 7) is 1.72. The number of carbonyl (C=O) groups excluding carboxylic acids is 4. The third-order valence-electron chi connectivity index (χ3n) is 8.90. The number of likely N-dealkylation sites (N-methyl/N-ethyl adjacent to an activating group) is 1. The highest BCUT2D eigenvalue weighted by atomic mass is 35.5. The number of amides is 4. The number of nitrogens with one attached hydrogen (secondary N) is 3. The average Bonchev–Trinajstić information content (AvgIpc) is 3.49. The van der Waals surface area contributed by atoms with Crippen LogP contribution < -0.4 is 16.0 Å². The second kappa shape index (κ2) is 16.0. The van der Waals surface area contributed by atoms with Gasteiger partial charge in [0.05, 0.1) is 18.5 Å². The molecule has 0 radical (unpaired) electrons. The Morgan fingerprint density at radius 2 is 1.55 bits per heavy atom. The number of hydrogen-bond donors (Lipinski definition) is 3. The fourth-order valence-electron chi connectivity index (χ4n) is 6.22. The van der Waals surface area contributed by atoms with Gasteiger partial charge in [-0.2, -0.15) is 0 Å². The van der Waals surface area contributed by atoms with Crippen LogP contribution in [-0.2, 0) is 25.6 Å². The molecule has 0 saturated carbocycles. The number of halogens is 3. The monoisotopic (exact) mass is 667 g/mol. The van der Waals surface area contributed by atoms with Crippen molar-refractivity contribution in [3.8, 4) is 0 Å². The Labute approximate surface area is 279 Å². The number of benzene rings is 3. The normalized spacial score (nSPS) is 20.0. The lowest BCUT2D eigenvalue weighted by Crippen LogP contribution is -2.62. The summed E-state index contributed by atoms with van der Waals surface area (Å²) in [5.74, 6) is -3.23. The summed E-state index contributed by atoms with van der Waals surface area (Å²) >= 11 is 0. The first-order valence-corrected chi connectivity index (χ1v) is 15.6. The summed E-state index contributed by atoms with van der Waals surface area (Å²) in [6, 6.07) is 18.9. The maximum absolute atomic E-state index is 14.4. The third-order valence-corrected chi connectivity index (χ3v) is 8.90. The molecule has 4 amide bonds. The second-order valence-corrected chi connectivity index (χ2v) is 11.9. The maximum Gasteiger partial charge on any atom is 0.247 e. The van der Waals surface area contributed by atoms with Gasteiger partial charge in [0.15, 0.2) is 0 Å². The number of rotatable bonds is 9. The zero-order chi connectivity index (χ0) is 32.8. The van der Waals surface area contributed by atoms with E-state index in [4.69, 9.17) is 0 Å². The van der Waals surface area contributed by atoms with E-state index in [1.165, 1.54) is 11.0 Å². The molecule has 4 atom stereocenters. The van der Waals surface area contributed by atoms with Gasteiger partial charge in [-0.1, -0.05) is 66.7 Å². The van der Waals surface area contributed by atoms with Crippen LogP contribution in [0.2, 0.25) is 0 Å². The summed E-state index contributed by atoms with van der Waals surface area (Å²) in [5.41, 5.74) is 1.83. The summed E-state index contributed by atoms with van der Waals surface area (Å²) in [7, 11) is 1.62. The first kappa shape index (κ1) is 35.5. The lowest BCUT2D eigenvalue weighted by Gasteiger charge is -2.39. The Morgan fingerprint density at radius 3 is 2.15 bits per heavy atom. The van der Waals surface area contributed by atoms with Crippen molar-refractivity contribution in [1.29, 1.82) is 0 Å². The SMILES string of the molecule is CN[C@@H](C)C(=O)N[C@H]1CN(C(=O)Cc2ccc(F)cc2F)CC[C@H]2CC[C@@H](C(=O)NC(c3ccccc3)c3ccccc3)N2C1=O.Cl. The van der Waals surface area contributed by atoms with Crippen molar-refractivity contribution in [1.82, 2.24) is 25.8 Å². The Hall–Kier alpha value is -4.35. The Kier molecular flexibility index (Phi) is 12.1. The molecular formula is C35H40ClF2N5O4. The van der Waals surface area contributed by atoms with Gasteiger partial charge >= 0.3 is 0 Å². The largest absolute Gasteiger partial charge is 0.343 e. The highest BCUT2D eigenvalue weighted by Crippen LogP contribution is 2.31. The average molecular weight is 668 g/mol. The van der Waals surface area contributed by atoms with E-state index in [1.807, 2.05) is 60.7 Å². The molecular weight excluding hydrogens is 628 g/mol. The van der Waals surface area contributed by atoms with Crippen molar-refractivity contribution in [3.05, 3.63) is 107 Å². The van der Waals surface area contributed by atoms with Crippen LogP contribution in [0.3, 0.4) is 0 Å². The van der Waals surface area contributed by atoms with E-state index in [9.17, 15) is 28.0 Å². The predicted octanol–water partition coefficient (Wildman–Crippen LogP) is 3.52. The Bertz CT molecular complexity index is 1520. The third kappa shape index (κ3) is 8.33. The molecule has 3 aromatic rings. The van der Waals surface area contributed by atoms with Crippen molar-refractivity contribution in [3.63, 3.8) is 0 Å². The van der Waals surface area contributed by atoms with Gasteiger partial charge in [0.2, 0.25) is 23.6 Å². The first-order chi connectivity index (χ1) is 22.2. The number of hydrogen-bond acceptors (Lipinski definition) is 5. The molecule has 0 unspecified atom stereocenters. The quantitative estimate of drug-likeness (QED) is 0.324. The molecule has 2 aliphatic heterocycles. The minimum atomic E-state index is -1.14. The van der Waals surface area contributed by atoms with Gasteiger partial charge in [0, 0.05) is 25.2 Å². The fraction of sp³-hybridized carbons (Fsp3) is 0.371. The molecule has 0 bridgehead atoms. The molecule has 2 aliphatic rings. The van der Waals surface area contributed by atoms with E-state index >= 15 is 0 Å². The minimum Gasteiger partial charge on any atom is -0.343 e. The van der Waals surface area contributed by atoms with Gasteiger partial charge in [0.1, 0.15) is 23.7 Å². The fourth-order valence-corrected chi connectivity index (χ4v) is 6.22. The zero-order valence-corrected chi connectivity index (χ0v) is 27.1. The van der Waals surface area contributed by atoms with Crippen LogP contribution in [-0.4, -0.2) is 77.7 Å². The van der Waals surface area contributed by atoms with Crippen molar-refractivity contribution in [2.75, 3.05) is 20.1 Å². The van der Waals surface area contributed by atoms with Crippen LogP contribution in [0.1, 0.15) is 48.9 Å². The molecule has 2 saturated heterocycles. The molecule has 2 fully saturated rings. The summed E-state index contributed by atoms with van der Waals surface area (Å²) in [4.78, 5) is 57.7. The maximum atomic E-state index is 14.4.